The minimum Gasteiger partial charge on any atom is -0.440 e. The van der Waals surface area contributed by atoms with Gasteiger partial charge in [-0.15, -0.1) is 0 Å². The molecule has 0 unspecified atom stereocenters. The molecule has 0 aromatic heterocycles. The highest BCUT2D eigenvalue weighted by Crippen LogP contribution is 2.36. The Balaban J connectivity index is 1.29. The standard InChI is InChI=1S/C30H32F3N2O2/c31-25-13-12-23(19-27(25)33)20-34(28-11-5-4-10-26(28)32)30(36)37-29-21-35(17-14-24(29)15-18-35)16-6-9-22-7-2-1-3-8-22/h1-5,7-8,10-13,19,24,29H,6,9,14-18,20-21H2/q+1/t24?,29-,35?/m0/s1. The van der Waals surface area contributed by atoms with Crippen molar-refractivity contribution in [3.05, 3.63) is 101 Å². The van der Waals surface area contributed by atoms with Gasteiger partial charge in [-0.3, -0.25) is 4.90 Å². The van der Waals surface area contributed by atoms with Gasteiger partial charge in [-0.1, -0.05) is 48.5 Å². The second kappa shape index (κ2) is 11.0. The van der Waals surface area contributed by atoms with Crippen molar-refractivity contribution in [1.29, 1.82) is 0 Å². The third-order valence-corrected chi connectivity index (χ3v) is 7.92. The monoisotopic (exact) mass is 509 g/mol. The predicted octanol–water partition coefficient (Wildman–Crippen LogP) is 6.49. The molecule has 3 heterocycles. The lowest BCUT2D eigenvalue weighted by atomic mass is 9.83. The first kappa shape index (κ1) is 25.3. The second-order valence-corrected chi connectivity index (χ2v) is 10.3. The highest BCUT2D eigenvalue weighted by molar-refractivity contribution is 5.87. The molecule has 3 aliphatic rings. The molecule has 7 heteroatoms. The van der Waals surface area contributed by atoms with Crippen LogP contribution in [-0.4, -0.2) is 42.9 Å². The van der Waals surface area contributed by atoms with Crippen LogP contribution in [0.4, 0.5) is 23.7 Å². The number of ether oxygens (including phenoxy) is 1. The lowest BCUT2D eigenvalue weighted by Crippen LogP contribution is -2.65. The van der Waals surface area contributed by atoms with Gasteiger partial charge in [0.2, 0.25) is 0 Å². The molecule has 0 aliphatic carbocycles. The SMILES string of the molecule is O=C(O[C@H]1C[N+]2(CCCc3ccccc3)CCC1CC2)N(Cc1ccc(F)c(F)c1)c1ccccc1F. The molecule has 0 N–H and O–H groups in total. The molecule has 6 rings (SSSR count). The largest absolute Gasteiger partial charge is 0.440 e. The molecule has 37 heavy (non-hydrogen) atoms. The van der Waals surface area contributed by atoms with Gasteiger partial charge in [-0.25, -0.2) is 18.0 Å². The van der Waals surface area contributed by atoms with E-state index in [-0.39, 0.29) is 24.3 Å². The molecule has 3 aromatic carbocycles. The van der Waals surface area contributed by atoms with Gasteiger partial charge in [0.25, 0.3) is 0 Å². The number of hydrogen-bond acceptors (Lipinski definition) is 2. The maximum absolute atomic E-state index is 14.7. The summed E-state index contributed by atoms with van der Waals surface area (Å²) in [5.41, 5.74) is 1.72. The summed E-state index contributed by atoms with van der Waals surface area (Å²) < 4.78 is 49.0. The van der Waals surface area contributed by atoms with Gasteiger partial charge in [0.15, 0.2) is 17.7 Å². The van der Waals surface area contributed by atoms with E-state index in [4.69, 9.17) is 4.74 Å². The molecule has 0 radical (unpaired) electrons. The van der Waals surface area contributed by atoms with Crippen LogP contribution >= 0.6 is 0 Å². The van der Waals surface area contributed by atoms with Crippen LogP contribution in [0.3, 0.4) is 0 Å². The highest BCUT2D eigenvalue weighted by atomic mass is 19.2. The number of benzene rings is 3. The van der Waals surface area contributed by atoms with Crippen molar-refractivity contribution < 1.29 is 27.2 Å². The number of amides is 1. The van der Waals surface area contributed by atoms with E-state index in [1.807, 2.05) is 6.07 Å². The third kappa shape index (κ3) is 5.82. The lowest BCUT2D eigenvalue weighted by Gasteiger charge is -2.52. The number of rotatable bonds is 8. The zero-order chi connectivity index (χ0) is 25.8. The van der Waals surface area contributed by atoms with E-state index < -0.39 is 23.5 Å². The van der Waals surface area contributed by atoms with Gasteiger partial charge in [0, 0.05) is 25.2 Å². The molecule has 0 spiro atoms. The van der Waals surface area contributed by atoms with Crippen molar-refractivity contribution in [2.45, 2.75) is 38.3 Å². The number of para-hydroxylation sites is 1. The first-order valence-electron chi connectivity index (χ1n) is 13.0. The number of quaternary nitrogens is 1. The summed E-state index contributed by atoms with van der Waals surface area (Å²) in [7, 11) is 0. The van der Waals surface area contributed by atoms with E-state index >= 15 is 0 Å². The van der Waals surface area contributed by atoms with Crippen LogP contribution in [-0.2, 0) is 17.7 Å². The Morgan fingerprint density at radius 1 is 0.865 bits per heavy atom. The minimum atomic E-state index is -1.02. The van der Waals surface area contributed by atoms with Crippen LogP contribution < -0.4 is 4.90 Å². The molecule has 3 saturated heterocycles. The van der Waals surface area contributed by atoms with E-state index in [1.54, 1.807) is 6.07 Å². The van der Waals surface area contributed by atoms with Crippen molar-refractivity contribution in [2.24, 2.45) is 5.92 Å². The van der Waals surface area contributed by atoms with E-state index in [2.05, 4.69) is 24.3 Å². The van der Waals surface area contributed by atoms with Crippen LogP contribution in [0.1, 0.15) is 30.4 Å². The molecule has 0 saturated carbocycles. The third-order valence-electron chi connectivity index (χ3n) is 7.92. The summed E-state index contributed by atoms with van der Waals surface area (Å²) in [6.07, 6.45) is 3.14. The number of carbonyl (C=O) groups excluding carboxylic acids is 1. The molecule has 4 nitrogen and oxygen atoms in total. The summed E-state index contributed by atoms with van der Waals surface area (Å²) in [5, 5.41) is 0. The normalized spacial score (nSPS) is 22.6. The van der Waals surface area contributed by atoms with Crippen LogP contribution in [0.25, 0.3) is 0 Å². The maximum Gasteiger partial charge on any atom is 0.415 e. The number of aryl methyl sites for hydroxylation is 1. The summed E-state index contributed by atoms with van der Waals surface area (Å²) in [6.45, 7) is 3.81. The van der Waals surface area contributed by atoms with E-state index in [0.717, 1.165) is 68.5 Å². The Kier molecular flexibility index (Phi) is 7.51. The van der Waals surface area contributed by atoms with Gasteiger partial charge in [0.05, 0.1) is 31.9 Å². The van der Waals surface area contributed by atoms with Crippen LogP contribution in [0.5, 0.6) is 0 Å². The Morgan fingerprint density at radius 2 is 1.59 bits per heavy atom. The van der Waals surface area contributed by atoms with Crippen molar-refractivity contribution >= 4 is 11.8 Å². The summed E-state index contributed by atoms with van der Waals surface area (Å²) >= 11 is 0. The van der Waals surface area contributed by atoms with Crippen LogP contribution in [0.15, 0.2) is 72.8 Å². The van der Waals surface area contributed by atoms with Crippen molar-refractivity contribution in [2.75, 3.05) is 31.1 Å². The number of halogens is 3. The number of hydrogen-bond donors (Lipinski definition) is 0. The molecule has 194 valence electrons. The average Bonchev–Trinajstić information content (AvgIpc) is 2.91. The fourth-order valence-electron chi connectivity index (χ4n) is 5.86. The predicted molar refractivity (Wildman–Crippen MR) is 136 cm³/mol. The van der Waals surface area contributed by atoms with E-state index in [1.165, 1.54) is 34.7 Å². The van der Waals surface area contributed by atoms with E-state index in [0.29, 0.717) is 5.56 Å². The molecular weight excluding hydrogens is 477 g/mol. The van der Waals surface area contributed by atoms with Crippen molar-refractivity contribution in [1.82, 2.24) is 0 Å². The molecule has 3 aliphatic heterocycles. The minimum absolute atomic E-state index is 0.0465. The first-order chi connectivity index (χ1) is 17.9. The molecular formula is C30H32F3N2O2+. The van der Waals surface area contributed by atoms with Gasteiger partial charge >= 0.3 is 6.09 Å². The fraction of sp³-hybridized carbons (Fsp3) is 0.367. The van der Waals surface area contributed by atoms with Gasteiger partial charge < -0.3 is 9.22 Å². The number of carbonyl (C=O) groups is 1. The molecule has 1 amide bonds. The molecule has 1 atom stereocenters. The number of anilines is 1. The zero-order valence-electron chi connectivity index (χ0n) is 20.8. The van der Waals surface area contributed by atoms with Gasteiger partial charge in [-0.05, 0) is 41.8 Å². The molecule has 2 bridgehead atoms. The highest BCUT2D eigenvalue weighted by Gasteiger charge is 2.47. The number of fused-ring (bicyclic) bond motifs is 3. The average molecular weight is 510 g/mol. The Morgan fingerprint density at radius 3 is 2.32 bits per heavy atom. The Bertz CT molecular complexity index is 1230. The van der Waals surface area contributed by atoms with Gasteiger partial charge in [0.1, 0.15) is 12.4 Å². The summed E-state index contributed by atoms with van der Waals surface area (Å²) in [6, 6.07) is 19.8. The maximum atomic E-state index is 14.7. The van der Waals surface area contributed by atoms with Crippen molar-refractivity contribution in [3.63, 3.8) is 0 Å². The summed E-state index contributed by atoms with van der Waals surface area (Å²) in [4.78, 5) is 14.6. The fourth-order valence-corrected chi connectivity index (χ4v) is 5.86. The van der Waals surface area contributed by atoms with E-state index in [9.17, 15) is 18.0 Å². The summed E-state index contributed by atoms with van der Waals surface area (Å²) in [5.74, 6) is -2.29. The van der Waals surface area contributed by atoms with Crippen LogP contribution in [0.2, 0.25) is 0 Å². The first-order valence-corrected chi connectivity index (χ1v) is 13.0. The van der Waals surface area contributed by atoms with Gasteiger partial charge in [-0.2, -0.15) is 0 Å². The smallest absolute Gasteiger partial charge is 0.415 e. The topological polar surface area (TPSA) is 29.5 Å². The zero-order valence-corrected chi connectivity index (χ0v) is 20.8. The van der Waals surface area contributed by atoms with Crippen molar-refractivity contribution in [3.8, 4) is 0 Å². The second-order valence-electron chi connectivity index (χ2n) is 10.3. The van der Waals surface area contributed by atoms with Crippen LogP contribution in [0, 0.1) is 23.4 Å². The number of piperidine rings is 3. The Hall–Kier alpha value is -3.32. The number of nitrogens with zero attached hydrogens (tertiary/aromatic N) is 2. The quantitative estimate of drug-likeness (QED) is 0.325. The lowest BCUT2D eigenvalue weighted by molar-refractivity contribution is -0.946. The molecule has 3 fully saturated rings. The molecule has 3 aromatic rings. The Labute approximate surface area is 215 Å².